The number of para-hydroxylation sites is 2. The van der Waals surface area contributed by atoms with Gasteiger partial charge < -0.3 is 24.8 Å². The van der Waals surface area contributed by atoms with Gasteiger partial charge in [0.25, 0.3) is 0 Å². The van der Waals surface area contributed by atoms with Crippen molar-refractivity contribution in [1.82, 2.24) is 0 Å². The molecular weight excluding hydrogens is 317 g/mol. The van der Waals surface area contributed by atoms with Crippen LogP contribution in [0, 0.1) is 0 Å². The summed E-state index contributed by atoms with van der Waals surface area (Å²) in [6.45, 7) is 2.81. The molecule has 0 spiro atoms. The van der Waals surface area contributed by atoms with Crippen molar-refractivity contribution in [3.05, 3.63) is 60.7 Å². The zero-order valence-electron chi connectivity index (χ0n) is 10.6. The number of benzene rings is 2. The molecule has 2 aromatic rings. The van der Waals surface area contributed by atoms with E-state index in [4.69, 9.17) is 3.32 Å². The molecule has 0 N–H and O–H groups in total. The molecule has 5 heteroatoms. The van der Waals surface area contributed by atoms with Gasteiger partial charge >= 0.3 is 112 Å². The van der Waals surface area contributed by atoms with Crippen LogP contribution in [0.4, 0.5) is 11.4 Å². The smallest absolute Gasteiger partial charge is 1.00 e. The predicted octanol–water partition coefficient (Wildman–Crippen LogP) is -2.22. The molecule has 0 aliphatic carbocycles. The van der Waals surface area contributed by atoms with Crippen LogP contribution in [-0.4, -0.2) is 6.61 Å². The quantitative estimate of drug-likeness (QED) is 0.576. The van der Waals surface area contributed by atoms with Gasteiger partial charge in [0.1, 0.15) is 0 Å². The fourth-order valence-electron chi connectivity index (χ4n) is 1.54. The average Bonchev–Trinajstić information content (AvgIpc) is 2.42. The van der Waals surface area contributed by atoms with Crippen molar-refractivity contribution in [2.75, 3.05) is 9.99 Å². The molecule has 0 bridgehead atoms. The van der Waals surface area contributed by atoms with Crippen LogP contribution >= 0.6 is 0 Å². The molecule has 2 nitrogen and oxygen atoms in total. The van der Waals surface area contributed by atoms with Crippen LogP contribution in [0.15, 0.2) is 60.7 Å². The molecule has 0 aliphatic rings. The van der Waals surface area contributed by atoms with Crippen molar-refractivity contribution in [2.45, 2.75) is 6.92 Å². The van der Waals surface area contributed by atoms with E-state index in [1.165, 1.54) is 11.4 Å². The topological polar surface area (TPSA) is 12.5 Å². The third-order valence-corrected chi connectivity index (χ3v) is 4.07. The predicted molar refractivity (Wildman–Crippen MR) is 66.6 cm³/mol. The van der Waals surface area contributed by atoms with E-state index in [0.717, 1.165) is 6.61 Å². The van der Waals surface area contributed by atoms with Crippen LogP contribution in [0.1, 0.15) is 6.92 Å². The second-order valence-electron chi connectivity index (χ2n) is 3.53. The molecule has 0 aliphatic heterocycles. The van der Waals surface area contributed by atoms with Crippen molar-refractivity contribution in [2.24, 2.45) is 0 Å². The van der Waals surface area contributed by atoms with Gasteiger partial charge in [0.15, 0.2) is 0 Å². The summed E-state index contributed by atoms with van der Waals surface area (Å²) in [6.07, 6.45) is 0. The summed E-state index contributed by atoms with van der Waals surface area (Å²) in [7, 11) is 0. The maximum absolute atomic E-state index is 5.66. The first-order valence-corrected chi connectivity index (χ1v) is 7.03. The second-order valence-corrected chi connectivity index (χ2v) is 4.97. The number of anilines is 2. The van der Waals surface area contributed by atoms with Gasteiger partial charge in [0, 0.05) is 0 Å². The molecule has 2 rings (SSSR count). The van der Waals surface area contributed by atoms with Gasteiger partial charge in [-0.3, -0.25) is 0 Å². The van der Waals surface area contributed by atoms with Crippen LogP contribution < -0.4 is 28.2 Å². The molecule has 0 heterocycles. The Kier molecular flexibility index (Phi) is 10.0. The molecule has 0 radical (unpaired) electrons. The summed E-state index contributed by atoms with van der Waals surface area (Å²) >= 11 is -0.607. The van der Waals surface area contributed by atoms with E-state index in [1.807, 2.05) is 19.1 Å². The van der Waals surface area contributed by atoms with Crippen molar-refractivity contribution < 1.29 is 47.9 Å². The normalized spacial score (nSPS) is 8.68. The summed E-state index contributed by atoms with van der Waals surface area (Å²) in [6, 6.07) is 20.8. The van der Waals surface area contributed by atoms with Crippen LogP contribution in [0.3, 0.4) is 0 Å². The molecule has 0 aromatic heterocycles. The van der Waals surface area contributed by atoms with E-state index >= 15 is 0 Å². The zero-order valence-corrected chi connectivity index (χ0v) is 13.7. The maximum Gasteiger partial charge on any atom is -1.00 e. The molecular formula is C14H15Cl2NOTi. The zero-order chi connectivity index (χ0) is 11.9. The van der Waals surface area contributed by atoms with Gasteiger partial charge in [-0.2, -0.15) is 0 Å². The molecule has 0 saturated carbocycles. The maximum atomic E-state index is 5.66. The second kappa shape index (κ2) is 10.3. The molecule has 2 aromatic carbocycles. The number of nitrogens with zero attached hydrogens (tertiary/aromatic N) is 1. The molecule has 19 heavy (non-hydrogen) atoms. The Balaban J connectivity index is 0.00000162. The third-order valence-electron chi connectivity index (χ3n) is 2.33. The Morgan fingerprint density at radius 1 is 0.842 bits per heavy atom. The summed E-state index contributed by atoms with van der Waals surface area (Å²) < 4.78 is 7.94. The molecule has 0 saturated heterocycles. The van der Waals surface area contributed by atoms with E-state index < -0.39 is 19.8 Å². The number of halogens is 2. The number of hydrogen-bond donors (Lipinski definition) is 0. The van der Waals surface area contributed by atoms with E-state index in [9.17, 15) is 0 Å². The molecule has 0 fully saturated rings. The van der Waals surface area contributed by atoms with Crippen molar-refractivity contribution in [3.63, 3.8) is 0 Å². The monoisotopic (exact) mass is 331 g/mol. The van der Waals surface area contributed by atoms with Gasteiger partial charge in [0.05, 0.1) is 0 Å². The van der Waals surface area contributed by atoms with Crippen LogP contribution in [-0.2, 0) is 23.1 Å². The fourth-order valence-corrected chi connectivity index (χ4v) is 2.74. The Bertz CT molecular complexity index is 402. The van der Waals surface area contributed by atoms with E-state index in [1.54, 1.807) is 0 Å². The van der Waals surface area contributed by atoms with Crippen molar-refractivity contribution >= 4 is 11.4 Å². The van der Waals surface area contributed by atoms with Crippen LogP contribution in [0.25, 0.3) is 0 Å². The third kappa shape index (κ3) is 5.56. The van der Waals surface area contributed by atoms with E-state index in [0.29, 0.717) is 0 Å². The Morgan fingerprint density at radius 2 is 1.26 bits per heavy atom. The average molecular weight is 332 g/mol. The minimum atomic E-state index is -0.607. The van der Waals surface area contributed by atoms with Crippen molar-refractivity contribution in [1.29, 1.82) is 0 Å². The molecule has 0 atom stereocenters. The molecule has 0 amide bonds. The Hall–Kier alpha value is -0.506. The van der Waals surface area contributed by atoms with E-state index in [-0.39, 0.29) is 24.8 Å². The largest absolute Gasteiger partial charge is 1.00 e. The van der Waals surface area contributed by atoms with Crippen LogP contribution in [0.2, 0.25) is 0 Å². The number of hydrogen-bond acceptors (Lipinski definition) is 2. The minimum absolute atomic E-state index is 0. The number of rotatable bonds is 5. The van der Waals surface area contributed by atoms with Gasteiger partial charge in [-0.15, -0.1) is 0 Å². The van der Waals surface area contributed by atoms with Crippen LogP contribution in [0.5, 0.6) is 0 Å². The first-order valence-electron chi connectivity index (χ1n) is 5.69. The Labute approximate surface area is 136 Å². The summed E-state index contributed by atoms with van der Waals surface area (Å²) in [5.74, 6) is 0. The SMILES string of the molecule is CC[O][Ti+2][N](c1ccccc1)c1ccccc1.[Cl-].[Cl-]. The van der Waals surface area contributed by atoms with Gasteiger partial charge in [-0.1, -0.05) is 0 Å². The summed E-state index contributed by atoms with van der Waals surface area (Å²) in [4.78, 5) is 0. The van der Waals surface area contributed by atoms with Gasteiger partial charge in [-0.25, -0.2) is 0 Å². The summed E-state index contributed by atoms with van der Waals surface area (Å²) in [5, 5.41) is 0. The standard InChI is InChI=1S/C12H10N.C2H5O.2ClH.Ti/c1-3-7-11(8-4-1)13-12-9-5-2-6-10-12;1-2-3;;;/h1-10H;2H2,1H3;2*1H;/q2*-1;;;+4/p-2. The summed E-state index contributed by atoms with van der Waals surface area (Å²) in [5.41, 5.74) is 2.40. The first-order chi connectivity index (χ1) is 8.42. The molecule has 100 valence electrons. The molecule has 0 unspecified atom stereocenters. The minimum Gasteiger partial charge on any atom is -1.00 e. The Morgan fingerprint density at radius 3 is 1.63 bits per heavy atom. The van der Waals surface area contributed by atoms with E-state index in [2.05, 4.69) is 51.9 Å². The van der Waals surface area contributed by atoms with Crippen molar-refractivity contribution in [3.8, 4) is 0 Å². The first kappa shape index (κ1) is 18.5. The fraction of sp³-hybridized carbons (Fsp3) is 0.143. The van der Waals surface area contributed by atoms with Gasteiger partial charge in [0.2, 0.25) is 0 Å². The van der Waals surface area contributed by atoms with Gasteiger partial charge in [-0.05, 0) is 0 Å².